The van der Waals surface area contributed by atoms with Gasteiger partial charge in [-0.05, 0) is 115 Å². The Morgan fingerprint density at radius 1 is 0.317 bits per heavy atom. The fourth-order valence-electron chi connectivity index (χ4n) is 10.2. The van der Waals surface area contributed by atoms with Gasteiger partial charge in [0.2, 0.25) is 0 Å². The summed E-state index contributed by atoms with van der Waals surface area (Å²) in [6, 6.07) is 81.4. The van der Waals surface area contributed by atoms with Gasteiger partial charge in [0, 0.05) is 44.2 Å². The van der Waals surface area contributed by atoms with E-state index in [4.69, 9.17) is 4.42 Å². The maximum atomic E-state index is 7.15. The highest BCUT2D eigenvalue weighted by molar-refractivity contribution is 6.21. The highest BCUT2D eigenvalue weighted by atomic mass is 16.3. The molecule has 1 aliphatic rings. The third kappa shape index (κ3) is 6.02. The highest BCUT2D eigenvalue weighted by Gasteiger charge is 2.35. The predicted octanol–water partition coefficient (Wildman–Crippen LogP) is 17.2. The first-order chi connectivity index (χ1) is 31.0. The molecule has 0 N–H and O–H groups in total. The van der Waals surface area contributed by atoms with E-state index in [-0.39, 0.29) is 5.41 Å². The second kappa shape index (κ2) is 14.6. The monoisotopic (exact) mass is 805 g/mol. The lowest BCUT2D eigenvalue weighted by Gasteiger charge is -2.28. The van der Waals surface area contributed by atoms with E-state index >= 15 is 0 Å². The smallest absolute Gasteiger partial charge is 0.143 e. The normalized spacial score (nSPS) is 12.7. The third-order valence-electron chi connectivity index (χ3n) is 13.3. The minimum atomic E-state index is -0.124. The molecule has 1 aliphatic carbocycles. The van der Waals surface area contributed by atoms with Crippen LogP contribution < -0.4 is 4.90 Å². The molecule has 0 atom stereocenters. The maximum Gasteiger partial charge on any atom is 0.143 e. The molecule has 0 amide bonds. The summed E-state index contributed by atoms with van der Waals surface area (Å²) in [4.78, 5) is 2.40. The second-order valence-electron chi connectivity index (χ2n) is 17.2. The molecule has 0 unspecified atom stereocenters. The molecular formula is C61H43NO. The first-order valence-corrected chi connectivity index (χ1v) is 21.8. The highest BCUT2D eigenvalue weighted by Crippen LogP contribution is 2.51. The summed E-state index contributed by atoms with van der Waals surface area (Å²) >= 11 is 0. The van der Waals surface area contributed by atoms with Crippen LogP contribution in [0.5, 0.6) is 0 Å². The summed E-state index contributed by atoms with van der Waals surface area (Å²) in [7, 11) is 0. The topological polar surface area (TPSA) is 16.4 Å². The zero-order valence-corrected chi connectivity index (χ0v) is 35.2. The van der Waals surface area contributed by atoms with Crippen LogP contribution in [0.1, 0.15) is 25.0 Å². The Labute approximate surface area is 368 Å². The minimum Gasteiger partial charge on any atom is -0.455 e. The predicted molar refractivity (Wildman–Crippen MR) is 265 cm³/mol. The van der Waals surface area contributed by atoms with Gasteiger partial charge in [0.05, 0.1) is 0 Å². The lowest BCUT2D eigenvalue weighted by atomic mass is 9.82. The van der Waals surface area contributed by atoms with Gasteiger partial charge in [-0.25, -0.2) is 0 Å². The fraction of sp³-hybridized carbons (Fsp3) is 0.0492. The van der Waals surface area contributed by atoms with Gasteiger partial charge in [-0.15, -0.1) is 0 Å². The van der Waals surface area contributed by atoms with Crippen LogP contribution in [0.3, 0.4) is 0 Å². The molecule has 2 nitrogen and oxygen atoms in total. The second-order valence-corrected chi connectivity index (χ2v) is 17.2. The molecule has 0 radical (unpaired) electrons. The SMILES string of the molecule is CC1(C)c2ccccc2-c2ccc(N(c3ccc(-c4ccccc4)cc3)c3ccc(-c4c(-c5ccccc5)ccc5c4oc4c6ccccc6c(-c6ccccc6)cc54)cc3)cc21. The number of fused-ring (bicyclic) bond motifs is 8. The van der Waals surface area contributed by atoms with Gasteiger partial charge in [0.15, 0.2) is 0 Å². The van der Waals surface area contributed by atoms with Gasteiger partial charge in [0.1, 0.15) is 11.2 Å². The van der Waals surface area contributed by atoms with Crippen molar-refractivity contribution in [3.8, 4) is 55.6 Å². The molecule has 12 rings (SSSR count). The molecule has 10 aromatic carbocycles. The number of hydrogen-bond donors (Lipinski definition) is 0. The molecule has 2 heteroatoms. The van der Waals surface area contributed by atoms with Gasteiger partial charge < -0.3 is 9.32 Å². The van der Waals surface area contributed by atoms with Crippen LogP contribution in [0.15, 0.2) is 229 Å². The molecule has 0 fully saturated rings. The Morgan fingerprint density at radius 2 is 0.810 bits per heavy atom. The zero-order valence-electron chi connectivity index (χ0n) is 35.2. The van der Waals surface area contributed by atoms with Crippen LogP contribution in [0, 0.1) is 0 Å². The number of rotatable bonds is 7. The molecule has 0 bridgehead atoms. The maximum absolute atomic E-state index is 7.15. The van der Waals surface area contributed by atoms with E-state index < -0.39 is 0 Å². The lowest BCUT2D eigenvalue weighted by Crippen LogP contribution is -2.16. The standard InChI is InChI=1S/C61H43NO/c1-61(2)56-25-15-14-23-50(56)51-35-34-47(38-57(51)61)62(45-30-26-41(27-31-45)40-16-6-3-7-17-40)46-32-28-44(29-33-46)58-48(42-18-8-4-9-19-42)36-37-53-55-39-54(43-20-10-5-11-21-43)49-22-12-13-24-52(49)59(55)63-60(53)58/h3-39H,1-2H3. The lowest BCUT2D eigenvalue weighted by molar-refractivity contribution is 0.660. The van der Waals surface area contributed by atoms with Crippen molar-refractivity contribution < 1.29 is 4.42 Å². The summed E-state index contributed by atoms with van der Waals surface area (Å²) < 4.78 is 7.15. The van der Waals surface area contributed by atoms with Crippen LogP contribution in [0.4, 0.5) is 17.1 Å². The number of furan rings is 1. The van der Waals surface area contributed by atoms with Crippen molar-refractivity contribution in [1.29, 1.82) is 0 Å². The molecule has 0 saturated heterocycles. The Hall–Kier alpha value is -7.94. The largest absolute Gasteiger partial charge is 0.455 e. The van der Waals surface area contributed by atoms with Crippen molar-refractivity contribution in [2.45, 2.75) is 19.3 Å². The van der Waals surface area contributed by atoms with Crippen molar-refractivity contribution in [1.82, 2.24) is 0 Å². The van der Waals surface area contributed by atoms with Crippen LogP contribution in [0.2, 0.25) is 0 Å². The van der Waals surface area contributed by atoms with E-state index in [1.165, 1.54) is 49.9 Å². The Morgan fingerprint density at radius 3 is 1.49 bits per heavy atom. The van der Waals surface area contributed by atoms with Crippen LogP contribution in [0.25, 0.3) is 88.3 Å². The van der Waals surface area contributed by atoms with E-state index in [9.17, 15) is 0 Å². The summed E-state index contributed by atoms with van der Waals surface area (Å²) in [5.41, 5.74) is 19.6. The first-order valence-electron chi connectivity index (χ1n) is 21.8. The van der Waals surface area contributed by atoms with E-state index in [0.717, 1.165) is 66.6 Å². The molecule has 0 saturated carbocycles. The van der Waals surface area contributed by atoms with E-state index in [1.807, 2.05) is 0 Å². The van der Waals surface area contributed by atoms with Gasteiger partial charge >= 0.3 is 0 Å². The average Bonchev–Trinajstić information content (AvgIpc) is 3.84. The summed E-state index contributed by atoms with van der Waals surface area (Å²) in [5, 5.41) is 4.52. The van der Waals surface area contributed by atoms with E-state index in [2.05, 4.69) is 243 Å². The molecule has 1 heterocycles. The third-order valence-corrected chi connectivity index (χ3v) is 13.3. The number of nitrogens with zero attached hydrogens (tertiary/aromatic N) is 1. The van der Waals surface area contributed by atoms with Crippen LogP contribution in [-0.4, -0.2) is 0 Å². The van der Waals surface area contributed by atoms with Gasteiger partial charge in [0.25, 0.3) is 0 Å². The summed E-state index contributed by atoms with van der Waals surface area (Å²) in [5.74, 6) is 0. The van der Waals surface area contributed by atoms with Crippen molar-refractivity contribution in [3.05, 3.63) is 236 Å². The average molecular weight is 806 g/mol. The van der Waals surface area contributed by atoms with Crippen LogP contribution >= 0.6 is 0 Å². The molecule has 11 aromatic rings. The van der Waals surface area contributed by atoms with Gasteiger partial charge in [-0.2, -0.15) is 0 Å². The molecular weight excluding hydrogens is 763 g/mol. The molecule has 0 aliphatic heterocycles. The van der Waals surface area contributed by atoms with Gasteiger partial charge in [-0.3, -0.25) is 0 Å². The summed E-state index contributed by atoms with van der Waals surface area (Å²) in [6.07, 6.45) is 0. The zero-order chi connectivity index (χ0) is 42.1. The first kappa shape index (κ1) is 36.9. The van der Waals surface area contributed by atoms with E-state index in [1.54, 1.807) is 0 Å². The number of hydrogen-bond acceptors (Lipinski definition) is 2. The minimum absolute atomic E-state index is 0.124. The fourth-order valence-corrected chi connectivity index (χ4v) is 10.2. The van der Waals surface area contributed by atoms with Crippen molar-refractivity contribution in [2.24, 2.45) is 0 Å². The number of benzene rings is 10. The van der Waals surface area contributed by atoms with Crippen LogP contribution in [-0.2, 0) is 5.41 Å². The number of anilines is 3. The Kier molecular flexibility index (Phi) is 8.55. The molecule has 0 spiro atoms. The van der Waals surface area contributed by atoms with E-state index in [0.29, 0.717) is 0 Å². The van der Waals surface area contributed by atoms with Crippen molar-refractivity contribution in [3.63, 3.8) is 0 Å². The van der Waals surface area contributed by atoms with Gasteiger partial charge in [-0.1, -0.05) is 190 Å². The molecule has 1 aromatic heterocycles. The van der Waals surface area contributed by atoms with Crippen molar-refractivity contribution >= 4 is 49.8 Å². The Bertz CT molecular complexity index is 3490. The molecule has 298 valence electrons. The Balaban J connectivity index is 1.04. The molecule has 63 heavy (non-hydrogen) atoms. The quantitative estimate of drug-likeness (QED) is 0.160. The summed E-state index contributed by atoms with van der Waals surface area (Å²) in [6.45, 7) is 4.70. The van der Waals surface area contributed by atoms with Crippen molar-refractivity contribution in [2.75, 3.05) is 4.90 Å².